The second kappa shape index (κ2) is 8.45. The SMILES string of the molecule is COc1cc(/C=N/NC(=O)c2cc3cc(Br)cc(Br)c3o2)cc(Br)c1OC. The second-order valence-corrected chi connectivity index (χ2v) is 7.98. The summed E-state index contributed by atoms with van der Waals surface area (Å²) in [7, 11) is 3.10. The van der Waals surface area contributed by atoms with Crippen molar-refractivity contribution in [2.45, 2.75) is 0 Å². The van der Waals surface area contributed by atoms with Gasteiger partial charge in [0.1, 0.15) is 5.58 Å². The van der Waals surface area contributed by atoms with Crippen LogP contribution in [0.1, 0.15) is 16.1 Å². The van der Waals surface area contributed by atoms with E-state index in [0.29, 0.717) is 21.6 Å². The molecular formula is C18H13Br3N2O4. The minimum absolute atomic E-state index is 0.162. The van der Waals surface area contributed by atoms with Crippen LogP contribution in [0.25, 0.3) is 11.0 Å². The fourth-order valence-corrected chi connectivity index (χ4v) is 4.38. The van der Waals surface area contributed by atoms with Gasteiger partial charge in [-0.2, -0.15) is 5.10 Å². The summed E-state index contributed by atoms with van der Waals surface area (Å²) in [5, 5.41) is 4.78. The fraction of sp³-hybridized carbons (Fsp3) is 0.111. The van der Waals surface area contributed by atoms with E-state index in [1.165, 1.54) is 6.21 Å². The van der Waals surface area contributed by atoms with Crippen molar-refractivity contribution < 1.29 is 18.7 Å². The van der Waals surface area contributed by atoms with Crippen LogP contribution >= 0.6 is 47.8 Å². The molecule has 0 atom stereocenters. The molecular weight excluding hydrogens is 548 g/mol. The molecule has 1 amide bonds. The lowest BCUT2D eigenvalue weighted by Crippen LogP contribution is -2.16. The average Bonchev–Trinajstić information content (AvgIpc) is 3.05. The number of hydrazone groups is 1. The number of ether oxygens (including phenoxy) is 2. The second-order valence-electron chi connectivity index (χ2n) is 5.35. The van der Waals surface area contributed by atoms with E-state index < -0.39 is 5.91 Å². The Bertz CT molecular complexity index is 1050. The topological polar surface area (TPSA) is 73.1 Å². The number of nitrogens with one attached hydrogen (secondary N) is 1. The largest absolute Gasteiger partial charge is 0.493 e. The van der Waals surface area contributed by atoms with Crippen molar-refractivity contribution in [1.29, 1.82) is 0 Å². The van der Waals surface area contributed by atoms with Crippen molar-refractivity contribution >= 4 is 70.9 Å². The summed E-state index contributed by atoms with van der Waals surface area (Å²) < 4.78 is 18.5. The molecule has 0 bridgehead atoms. The van der Waals surface area contributed by atoms with Crippen LogP contribution in [0, 0.1) is 0 Å². The van der Waals surface area contributed by atoms with Crippen molar-refractivity contribution in [3.63, 3.8) is 0 Å². The molecule has 140 valence electrons. The summed E-state index contributed by atoms with van der Waals surface area (Å²) >= 11 is 10.2. The third-order valence-corrected chi connectivity index (χ3v) is 5.23. The number of hydrogen-bond donors (Lipinski definition) is 1. The number of fused-ring (bicyclic) bond motifs is 1. The Kier molecular flexibility index (Phi) is 6.23. The maximum absolute atomic E-state index is 12.3. The summed E-state index contributed by atoms with van der Waals surface area (Å²) in [5.41, 5.74) is 3.76. The lowest BCUT2D eigenvalue weighted by Gasteiger charge is -2.10. The number of furan rings is 1. The van der Waals surface area contributed by atoms with Crippen molar-refractivity contribution in [2.75, 3.05) is 14.2 Å². The molecule has 0 unspecified atom stereocenters. The monoisotopic (exact) mass is 558 g/mol. The van der Waals surface area contributed by atoms with E-state index in [4.69, 9.17) is 13.9 Å². The predicted octanol–water partition coefficient (Wildman–Crippen LogP) is 5.50. The van der Waals surface area contributed by atoms with Crippen LogP contribution < -0.4 is 14.9 Å². The third-order valence-electron chi connectivity index (χ3n) is 3.60. The zero-order valence-electron chi connectivity index (χ0n) is 14.2. The van der Waals surface area contributed by atoms with Crippen LogP contribution in [0.15, 0.2) is 53.3 Å². The quantitative estimate of drug-likeness (QED) is 0.330. The minimum Gasteiger partial charge on any atom is -0.493 e. The van der Waals surface area contributed by atoms with Gasteiger partial charge in [0.25, 0.3) is 0 Å². The Hall–Kier alpha value is -1.84. The summed E-state index contributed by atoms with van der Waals surface area (Å²) in [6.45, 7) is 0. The van der Waals surface area contributed by atoms with Gasteiger partial charge in [0, 0.05) is 9.86 Å². The van der Waals surface area contributed by atoms with E-state index in [-0.39, 0.29) is 5.76 Å². The zero-order chi connectivity index (χ0) is 19.6. The molecule has 1 N–H and O–H groups in total. The van der Waals surface area contributed by atoms with Crippen LogP contribution in [0.2, 0.25) is 0 Å². The van der Waals surface area contributed by atoms with Gasteiger partial charge in [-0.3, -0.25) is 4.79 Å². The number of halogens is 3. The number of carbonyl (C=O) groups is 1. The molecule has 3 aromatic rings. The van der Waals surface area contributed by atoms with Crippen LogP contribution in [0.4, 0.5) is 0 Å². The Morgan fingerprint density at radius 2 is 1.85 bits per heavy atom. The maximum atomic E-state index is 12.3. The molecule has 0 fully saturated rings. The van der Waals surface area contributed by atoms with Crippen LogP contribution in [-0.2, 0) is 0 Å². The number of benzene rings is 2. The number of hydrogen-bond acceptors (Lipinski definition) is 5. The molecule has 0 saturated carbocycles. The first-order valence-corrected chi connectivity index (χ1v) is 9.94. The Morgan fingerprint density at radius 3 is 2.56 bits per heavy atom. The molecule has 0 aliphatic heterocycles. The molecule has 2 aromatic carbocycles. The highest BCUT2D eigenvalue weighted by atomic mass is 79.9. The molecule has 1 heterocycles. The summed E-state index contributed by atoms with van der Waals surface area (Å²) in [5.74, 6) is 0.838. The molecule has 0 spiro atoms. The number of nitrogens with zero attached hydrogens (tertiary/aromatic N) is 1. The van der Waals surface area contributed by atoms with E-state index in [1.54, 1.807) is 32.4 Å². The molecule has 0 aliphatic rings. The molecule has 27 heavy (non-hydrogen) atoms. The van der Waals surface area contributed by atoms with Crippen molar-refractivity contribution in [1.82, 2.24) is 5.43 Å². The molecule has 3 rings (SSSR count). The zero-order valence-corrected chi connectivity index (χ0v) is 18.9. The molecule has 1 aromatic heterocycles. The van der Waals surface area contributed by atoms with Crippen LogP contribution in [0.3, 0.4) is 0 Å². The highest BCUT2D eigenvalue weighted by Crippen LogP contribution is 2.36. The first-order chi connectivity index (χ1) is 12.9. The molecule has 9 heteroatoms. The maximum Gasteiger partial charge on any atom is 0.307 e. The van der Waals surface area contributed by atoms with Crippen molar-refractivity contribution in [3.05, 3.63) is 55.1 Å². The Balaban J connectivity index is 1.78. The van der Waals surface area contributed by atoms with Gasteiger partial charge in [0.2, 0.25) is 0 Å². The van der Waals surface area contributed by atoms with E-state index in [2.05, 4.69) is 58.3 Å². The normalized spacial score (nSPS) is 11.1. The number of methoxy groups -OCH3 is 2. The van der Waals surface area contributed by atoms with Crippen LogP contribution in [0.5, 0.6) is 11.5 Å². The third kappa shape index (κ3) is 4.36. The molecule has 6 nitrogen and oxygen atoms in total. The van der Waals surface area contributed by atoms with Gasteiger partial charge in [-0.1, -0.05) is 15.9 Å². The standard InChI is InChI=1S/C18H13Br3N2O4/c1-25-14-4-9(3-12(20)17(14)26-2)8-22-23-18(24)15-6-10-5-11(19)7-13(21)16(10)27-15/h3-8H,1-2H3,(H,23,24)/b22-8+. The highest BCUT2D eigenvalue weighted by molar-refractivity contribution is 9.11. The van der Waals surface area contributed by atoms with Gasteiger partial charge in [-0.15, -0.1) is 0 Å². The predicted molar refractivity (Wildman–Crippen MR) is 114 cm³/mol. The lowest BCUT2D eigenvalue weighted by atomic mass is 10.2. The highest BCUT2D eigenvalue weighted by Gasteiger charge is 2.14. The summed E-state index contributed by atoms with van der Waals surface area (Å²) in [4.78, 5) is 12.3. The molecule has 0 aliphatic carbocycles. The Labute approximate surface area is 180 Å². The van der Waals surface area contributed by atoms with E-state index >= 15 is 0 Å². The fourth-order valence-electron chi connectivity index (χ4n) is 2.42. The minimum atomic E-state index is -0.454. The van der Waals surface area contributed by atoms with E-state index in [9.17, 15) is 4.79 Å². The van der Waals surface area contributed by atoms with Gasteiger partial charge in [-0.25, -0.2) is 5.43 Å². The Morgan fingerprint density at radius 1 is 1.07 bits per heavy atom. The van der Waals surface area contributed by atoms with Crippen LogP contribution in [-0.4, -0.2) is 26.3 Å². The molecule has 0 saturated heterocycles. The number of amides is 1. The summed E-state index contributed by atoms with van der Waals surface area (Å²) in [6, 6.07) is 8.91. The van der Waals surface area contributed by atoms with Gasteiger partial charge in [0.15, 0.2) is 17.3 Å². The molecule has 0 radical (unpaired) electrons. The van der Waals surface area contributed by atoms with Gasteiger partial charge in [-0.05, 0) is 67.8 Å². The van der Waals surface area contributed by atoms with Gasteiger partial charge in [0.05, 0.1) is 29.4 Å². The van der Waals surface area contributed by atoms with E-state index in [1.807, 2.05) is 12.1 Å². The van der Waals surface area contributed by atoms with Crippen molar-refractivity contribution in [3.8, 4) is 11.5 Å². The lowest BCUT2D eigenvalue weighted by molar-refractivity contribution is 0.0929. The first-order valence-electron chi connectivity index (χ1n) is 7.56. The smallest absolute Gasteiger partial charge is 0.307 e. The number of carbonyl (C=O) groups excluding carboxylic acids is 1. The summed E-state index contributed by atoms with van der Waals surface area (Å²) in [6.07, 6.45) is 1.50. The average molecular weight is 561 g/mol. The number of rotatable bonds is 5. The first kappa shape index (κ1) is 19.9. The van der Waals surface area contributed by atoms with Crippen molar-refractivity contribution in [2.24, 2.45) is 5.10 Å². The van der Waals surface area contributed by atoms with Gasteiger partial charge >= 0.3 is 5.91 Å². The van der Waals surface area contributed by atoms with Gasteiger partial charge < -0.3 is 13.9 Å². The van der Waals surface area contributed by atoms with E-state index in [0.717, 1.165) is 19.9 Å².